The minimum Gasteiger partial charge on any atom is -0.353 e. The molecule has 2 aromatic carbocycles. The molecule has 3 rings (SSSR count). The number of benzene rings is 2. The fourth-order valence-electron chi connectivity index (χ4n) is 3.79. The molecule has 5 heteroatoms. The van der Waals surface area contributed by atoms with Gasteiger partial charge in [0.05, 0.1) is 6.42 Å². The van der Waals surface area contributed by atoms with E-state index in [1.54, 1.807) is 6.92 Å². The normalized spacial score (nSPS) is 15.1. The van der Waals surface area contributed by atoms with Crippen LogP contribution in [0.1, 0.15) is 30.9 Å². The summed E-state index contributed by atoms with van der Waals surface area (Å²) in [7, 11) is 0. The summed E-state index contributed by atoms with van der Waals surface area (Å²) in [6.45, 7) is 7.07. The van der Waals surface area contributed by atoms with Crippen LogP contribution in [-0.4, -0.2) is 48.9 Å². The standard InChI is InChI=1S/C24H31N3O2/c1-19-8-10-21(11-9-19)18-24(29)25-22-12-14-26(15-13-22)16-17-27(20(2)28)23-6-4-3-5-7-23/h3-11,22H,12-18H2,1-2H3,(H,25,29). The summed E-state index contributed by atoms with van der Waals surface area (Å²) < 4.78 is 0. The van der Waals surface area contributed by atoms with Gasteiger partial charge in [0.1, 0.15) is 0 Å². The lowest BCUT2D eigenvalue weighted by atomic mass is 10.0. The number of rotatable bonds is 7. The van der Waals surface area contributed by atoms with Crippen LogP contribution in [0.25, 0.3) is 0 Å². The van der Waals surface area contributed by atoms with Crippen molar-refractivity contribution < 1.29 is 9.59 Å². The Morgan fingerprint density at radius 2 is 1.69 bits per heavy atom. The Kier molecular flexibility index (Phi) is 7.42. The van der Waals surface area contributed by atoms with Gasteiger partial charge in [0.15, 0.2) is 0 Å². The Bertz CT molecular complexity index is 797. The second-order valence-corrected chi connectivity index (χ2v) is 7.85. The van der Waals surface area contributed by atoms with Crippen LogP contribution in [0.15, 0.2) is 54.6 Å². The number of amides is 2. The van der Waals surface area contributed by atoms with E-state index in [9.17, 15) is 9.59 Å². The van der Waals surface area contributed by atoms with E-state index in [-0.39, 0.29) is 17.9 Å². The summed E-state index contributed by atoms with van der Waals surface area (Å²) >= 11 is 0. The van der Waals surface area contributed by atoms with Crippen molar-refractivity contribution in [3.05, 3.63) is 65.7 Å². The zero-order valence-corrected chi connectivity index (χ0v) is 17.4. The van der Waals surface area contributed by atoms with Gasteiger partial charge in [0.2, 0.25) is 11.8 Å². The van der Waals surface area contributed by atoms with E-state index in [1.165, 1.54) is 5.56 Å². The lowest BCUT2D eigenvalue weighted by Gasteiger charge is -2.33. The maximum Gasteiger partial charge on any atom is 0.224 e. The van der Waals surface area contributed by atoms with Gasteiger partial charge in [-0.15, -0.1) is 0 Å². The molecule has 0 unspecified atom stereocenters. The number of likely N-dealkylation sites (tertiary alicyclic amines) is 1. The van der Waals surface area contributed by atoms with Crippen LogP contribution in [-0.2, 0) is 16.0 Å². The zero-order chi connectivity index (χ0) is 20.6. The highest BCUT2D eigenvalue weighted by Gasteiger charge is 2.21. The topological polar surface area (TPSA) is 52.7 Å². The quantitative estimate of drug-likeness (QED) is 0.786. The highest BCUT2D eigenvalue weighted by atomic mass is 16.2. The van der Waals surface area contributed by atoms with Crippen molar-refractivity contribution in [3.8, 4) is 0 Å². The number of aryl methyl sites for hydroxylation is 1. The number of carbonyl (C=O) groups excluding carboxylic acids is 2. The Labute approximate surface area is 173 Å². The molecule has 1 aliphatic rings. The van der Waals surface area contributed by atoms with Crippen molar-refractivity contribution >= 4 is 17.5 Å². The number of para-hydroxylation sites is 1. The van der Waals surface area contributed by atoms with Crippen molar-refractivity contribution in [2.24, 2.45) is 0 Å². The minimum atomic E-state index is 0.0643. The van der Waals surface area contributed by atoms with Crippen molar-refractivity contribution in [1.29, 1.82) is 0 Å². The first-order chi connectivity index (χ1) is 14.0. The highest BCUT2D eigenvalue weighted by molar-refractivity contribution is 5.91. The van der Waals surface area contributed by atoms with Crippen LogP contribution in [0, 0.1) is 6.92 Å². The summed E-state index contributed by atoms with van der Waals surface area (Å²) in [5.41, 5.74) is 3.20. The molecular formula is C24H31N3O2. The smallest absolute Gasteiger partial charge is 0.224 e. The molecule has 0 aliphatic carbocycles. The maximum atomic E-state index is 12.3. The van der Waals surface area contributed by atoms with E-state index < -0.39 is 0 Å². The number of nitrogens with zero attached hydrogens (tertiary/aromatic N) is 2. The molecule has 0 spiro atoms. The van der Waals surface area contributed by atoms with E-state index in [4.69, 9.17) is 0 Å². The van der Waals surface area contributed by atoms with Gasteiger partial charge in [0, 0.05) is 44.8 Å². The Morgan fingerprint density at radius 3 is 2.31 bits per heavy atom. The SMILES string of the molecule is CC(=O)N(CCN1CCC(NC(=O)Cc2ccc(C)cc2)CC1)c1ccccc1. The Balaban J connectivity index is 1.41. The van der Waals surface area contributed by atoms with Crippen LogP contribution in [0.5, 0.6) is 0 Å². The lowest BCUT2D eigenvalue weighted by Crippen LogP contribution is -2.47. The van der Waals surface area contributed by atoms with Crippen molar-refractivity contribution in [2.45, 2.75) is 39.2 Å². The molecule has 29 heavy (non-hydrogen) atoms. The fraction of sp³-hybridized carbons (Fsp3) is 0.417. The third kappa shape index (κ3) is 6.43. The second kappa shape index (κ2) is 10.2. The van der Waals surface area contributed by atoms with Crippen molar-refractivity contribution in [2.75, 3.05) is 31.1 Å². The predicted octanol–water partition coefficient (Wildman–Crippen LogP) is 3.17. The molecule has 0 saturated carbocycles. The van der Waals surface area contributed by atoms with Gasteiger partial charge in [0.25, 0.3) is 0 Å². The monoisotopic (exact) mass is 393 g/mol. The van der Waals surface area contributed by atoms with E-state index in [0.29, 0.717) is 13.0 Å². The van der Waals surface area contributed by atoms with Crippen LogP contribution in [0.3, 0.4) is 0 Å². The molecule has 154 valence electrons. The number of anilines is 1. The fourth-order valence-corrected chi connectivity index (χ4v) is 3.79. The molecule has 0 bridgehead atoms. The van der Waals surface area contributed by atoms with Crippen LogP contribution >= 0.6 is 0 Å². The molecule has 1 fully saturated rings. The van der Waals surface area contributed by atoms with Crippen LogP contribution < -0.4 is 10.2 Å². The second-order valence-electron chi connectivity index (χ2n) is 7.85. The molecule has 2 amide bonds. The summed E-state index contributed by atoms with van der Waals surface area (Å²) in [4.78, 5) is 28.5. The number of nitrogens with one attached hydrogen (secondary N) is 1. The summed E-state index contributed by atoms with van der Waals surface area (Å²) in [6, 6.07) is 18.2. The third-order valence-corrected chi connectivity index (χ3v) is 5.53. The third-order valence-electron chi connectivity index (χ3n) is 5.53. The van der Waals surface area contributed by atoms with Gasteiger partial charge >= 0.3 is 0 Å². The zero-order valence-electron chi connectivity index (χ0n) is 17.4. The lowest BCUT2D eigenvalue weighted by molar-refractivity contribution is -0.121. The van der Waals surface area contributed by atoms with Gasteiger partial charge < -0.3 is 15.1 Å². The maximum absolute atomic E-state index is 12.3. The van der Waals surface area contributed by atoms with Crippen LogP contribution in [0.4, 0.5) is 5.69 Å². The molecule has 1 heterocycles. The van der Waals surface area contributed by atoms with Crippen molar-refractivity contribution in [3.63, 3.8) is 0 Å². The molecule has 2 aromatic rings. The highest BCUT2D eigenvalue weighted by Crippen LogP contribution is 2.15. The summed E-state index contributed by atoms with van der Waals surface area (Å²) in [5, 5.41) is 3.18. The van der Waals surface area contributed by atoms with Crippen LogP contribution in [0.2, 0.25) is 0 Å². The first kappa shape index (κ1) is 21.1. The molecule has 5 nitrogen and oxygen atoms in total. The molecule has 1 aliphatic heterocycles. The Morgan fingerprint density at radius 1 is 1.03 bits per heavy atom. The number of hydrogen-bond donors (Lipinski definition) is 1. The van der Waals surface area contributed by atoms with Gasteiger partial charge in [-0.25, -0.2) is 0 Å². The predicted molar refractivity (Wildman–Crippen MR) is 117 cm³/mol. The van der Waals surface area contributed by atoms with E-state index in [0.717, 1.165) is 43.7 Å². The van der Waals surface area contributed by atoms with Gasteiger partial charge in [-0.2, -0.15) is 0 Å². The minimum absolute atomic E-state index is 0.0643. The molecule has 0 aromatic heterocycles. The van der Waals surface area contributed by atoms with Crippen molar-refractivity contribution in [1.82, 2.24) is 10.2 Å². The number of hydrogen-bond acceptors (Lipinski definition) is 3. The molecule has 1 saturated heterocycles. The van der Waals surface area contributed by atoms with E-state index in [1.807, 2.05) is 66.4 Å². The Hall–Kier alpha value is -2.66. The largest absolute Gasteiger partial charge is 0.353 e. The van der Waals surface area contributed by atoms with Gasteiger partial charge in [-0.1, -0.05) is 48.0 Å². The van der Waals surface area contributed by atoms with E-state index in [2.05, 4.69) is 10.2 Å². The molecule has 0 atom stereocenters. The summed E-state index contributed by atoms with van der Waals surface area (Å²) in [6.07, 6.45) is 2.33. The first-order valence-electron chi connectivity index (χ1n) is 10.4. The molecule has 1 N–H and O–H groups in total. The number of carbonyl (C=O) groups is 2. The average Bonchev–Trinajstić information content (AvgIpc) is 2.72. The summed E-state index contributed by atoms with van der Waals surface area (Å²) in [5.74, 6) is 0.161. The van der Waals surface area contributed by atoms with Gasteiger partial charge in [-0.05, 0) is 37.5 Å². The van der Waals surface area contributed by atoms with E-state index >= 15 is 0 Å². The molecular weight excluding hydrogens is 362 g/mol. The first-order valence-corrected chi connectivity index (χ1v) is 10.4. The molecule has 0 radical (unpaired) electrons. The average molecular weight is 394 g/mol. The number of piperidine rings is 1. The van der Waals surface area contributed by atoms with Gasteiger partial charge in [-0.3, -0.25) is 9.59 Å².